The molecular formula is C11H25BO. The van der Waals surface area contributed by atoms with Gasteiger partial charge in [-0.2, -0.15) is 0 Å². The molecule has 2 atom stereocenters. The lowest BCUT2D eigenvalue weighted by atomic mass is 9.59. The summed E-state index contributed by atoms with van der Waals surface area (Å²) in [6.45, 7) is 13.2. The monoisotopic (exact) mass is 184 g/mol. The fourth-order valence-electron chi connectivity index (χ4n) is 1.17. The molecule has 0 radical (unpaired) electrons. The first-order valence-corrected chi connectivity index (χ1v) is 5.44. The molecule has 78 valence electrons. The van der Waals surface area contributed by atoms with Crippen LogP contribution in [0.2, 0.25) is 5.31 Å². The first-order valence-electron chi connectivity index (χ1n) is 5.44. The summed E-state index contributed by atoms with van der Waals surface area (Å²) in [7, 11) is 2.27. The maximum Gasteiger partial charge on any atom is 0.112 e. The second-order valence-electron chi connectivity index (χ2n) is 5.08. The Kier molecular flexibility index (Phi) is 4.51. The van der Waals surface area contributed by atoms with Crippen molar-refractivity contribution in [3.8, 4) is 0 Å². The molecule has 0 aromatic rings. The Morgan fingerprint density at radius 3 is 2.00 bits per heavy atom. The van der Waals surface area contributed by atoms with E-state index >= 15 is 0 Å². The van der Waals surface area contributed by atoms with Gasteiger partial charge < -0.3 is 4.74 Å². The van der Waals surface area contributed by atoms with Crippen molar-refractivity contribution in [2.75, 3.05) is 0 Å². The molecule has 0 bridgehead atoms. The van der Waals surface area contributed by atoms with Crippen molar-refractivity contribution in [3.63, 3.8) is 0 Å². The third kappa shape index (κ3) is 3.34. The van der Waals surface area contributed by atoms with Crippen molar-refractivity contribution in [2.45, 2.75) is 71.4 Å². The summed E-state index contributed by atoms with van der Waals surface area (Å²) in [5.41, 5.74) is -0.0306. The number of hydrogen-bond acceptors (Lipinski definition) is 1. The summed E-state index contributed by atoms with van der Waals surface area (Å²) >= 11 is 0. The third-order valence-corrected chi connectivity index (χ3v) is 3.58. The van der Waals surface area contributed by atoms with Crippen LogP contribution in [-0.2, 0) is 4.74 Å². The maximum absolute atomic E-state index is 6.04. The average molecular weight is 184 g/mol. The fraction of sp³-hybridized carbons (Fsp3) is 1.00. The number of ether oxygens (including phenoxy) is 1. The van der Waals surface area contributed by atoms with Gasteiger partial charge in [-0.1, -0.05) is 27.2 Å². The summed E-state index contributed by atoms with van der Waals surface area (Å²) < 4.78 is 6.04. The Hall–Kier alpha value is 0.0249. The fourth-order valence-corrected chi connectivity index (χ4v) is 1.17. The Bertz CT molecular complexity index is 152. The predicted molar refractivity (Wildman–Crippen MR) is 62.1 cm³/mol. The molecule has 0 amide bonds. The summed E-state index contributed by atoms with van der Waals surface area (Å²) in [5.74, 6) is 0. The van der Waals surface area contributed by atoms with Crippen molar-refractivity contribution in [3.05, 3.63) is 0 Å². The zero-order chi connectivity index (χ0) is 10.7. The average Bonchev–Trinajstić information content (AvgIpc) is 2.03. The van der Waals surface area contributed by atoms with Crippen LogP contribution in [0.25, 0.3) is 0 Å². The van der Waals surface area contributed by atoms with Crippen molar-refractivity contribution < 1.29 is 4.74 Å². The molecule has 0 aromatic heterocycles. The Morgan fingerprint density at radius 2 is 1.69 bits per heavy atom. The lowest BCUT2D eigenvalue weighted by Crippen LogP contribution is -2.40. The lowest BCUT2D eigenvalue weighted by molar-refractivity contribution is -0.0899. The van der Waals surface area contributed by atoms with Gasteiger partial charge in [-0.05, 0) is 32.5 Å². The highest BCUT2D eigenvalue weighted by Crippen LogP contribution is 2.41. The highest BCUT2D eigenvalue weighted by Gasteiger charge is 2.37. The molecule has 0 aliphatic heterocycles. The van der Waals surface area contributed by atoms with E-state index in [4.69, 9.17) is 4.74 Å². The van der Waals surface area contributed by atoms with E-state index in [0.717, 1.165) is 12.8 Å². The van der Waals surface area contributed by atoms with Crippen molar-refractivity contribution in [2.24, 2.45) is 0 Å². The van der Waals surface area contributed by atoms with Gasteiger partial charge in [0.1, 0.15) is 7.85 Å². The van der Waals surface area contributed by atoms with Gasteiger partial charge in [-0.15, -0.1) is 0 Å². The van der Waals surface area contributed by atoms with Crippen molar-refractivity contribution in [1.82, 2.24) is 0 Å². The lowest BCUT2D eigenvalue weighted by Gasteiger charge is -2.42. The first kappa shape index (κ1) is 13.0. The van der Waals surface area contributed by atoms with Gasteiger partial charge in [0.2, 0.25) is 0 Å². The standard InChI is InChI=1S/C11H25BO/c1-7-9(3)13-10(4,5)11(6,12)8-2/h9H,7-8,12H2,1-6H3. The van der Waals surface area contributed by atoms with Gasteiger partial charge in [0.25, 0.3) is 0 Å². The molecule has 0 N–H and O–H groups in total. The molecule has 0 spiro atoms. The number of rotatable bonds is 5. The van der Waals surface area contributed by atoms with Gasteiger partial charge >= 0.3 is 0 Å². The Labute approximate surface area is 84.7 Å². The van der Waals surface area contributed by atoms with Crippen LogP contribution < -0.4 is 0 Å². The van der Waals surface area contributed by atoms with Crippen LogP contribution in [0.15, 0.2) is 0 Å². The molecule has 0 aliphatic carbocycles. The van der Waals surface area contributed by atoms with Gasteiger partial charge in [0.15, 0.2) is 0 Å². The van der Waals surface area contributed by atoms with Crippen LogP contribution in [-0.4, -0.2) is 19.6 Å². The Morgan fingerprint density at radius 1 is 1.23 bits per heavy atom. The van der Waals surface area contributed by atoms with Crippen LogP contribution in [0.4, 0.5) is 0 Å². The van der Waals surface area contributed by atoms with E-state index in [2.05, 4.69) is 49.4 Å². The quantitative estimate of drug-likeness (QED) is 0.597. The van der Waals surface area contributed by atoms with E-state index in [1.54, 1.807) is 0 Å². The second kappa shape index (κ2) is 4.50. The van der Waals surface area contributed by atoms with Crippen LogP contribution in [0.1, 0.15) is 54.4 Å². The molecule has 13 heavy (non-hydrogen) atoms. The molecule has 2 unspecified atom stereocenters. The van der Waals surface area contributed by atoms with Gasteiger partial charge in [0, 0.05) is 0 Å². The molecule has 0 saturated carbocycles. The van der Waals surface area contributed by atoms with Crippen molar-refractivity contribution in [1.29, 1.82) is 0 Å². The topological polar surface area (TPSA) is 9.23 Å². The van der Waals surface area contributed by atoms with E-state index in [1.807, 2.05) is 0 Å². The molecular weight excluding hydrogens is 159 g/mol. The molecule has 0 saturated heterocycles. The molecule has 0 rings (SSSR count). The van der Waals surface area contributed by atoms with Gasteiger partial charge in [0.05, 0.1) is 11.7 Å². The highest BCUT2D eigenvalue weighted by molar-refractivity contribution is 6.15. The van der Waals surface area contributed by atoms with Crippen LogP contribution in [0.5, 0.6) is 0 Å². The zero-order valence-corrected chi connectivity index (χ0v) is 10.4. The molecule has 0 heterocycles. The van der Waals surface area contributed by atoms with E-state index < -0.39 is 0 Å². The van der Waals surface area contributed by atoms with Crippen LogP contribution in [0, 0.1) is 0 Å². The van der Waals surface area contributed by atoms with Crippen molar-refractivity contribution >= 4 is 7.85 Å². The normalized spacial score (nSPS) is 19.5. The molecule has 2 heteroatoms. The zero-order valence-electron chi connectivity index (χ0n) is 10.4. The second-order valence-corrected chi connectivity index (χ2v) is 5.08. The summed E-state index contributed by atoms with van der Waals surface area (Å²) in [6.07, 6.45) is 2.60. The van der Waals surface area contributed by atoms with E-state index in [9.17, 15) is 0 Å². The third-order valence-electron chi connectivity index (χ3n) is 3.58. The molecule has 0 fully saturated rings. The first-order chi connectivity index (χ1) is 5.77. The largest absolute Gasteiger partial charge is 0.373 e. The minimum absolute atomic E-state index is 0.0306. The SMILES string of the molecule is BC(C)(CC)C(C)(C)OC(C)CC. The van der Waals surface area contributed by atoms with E-state index in [1.165, 1.54) is 0 Å². The predicted octanol–water partition coefficient (Wildman–Crippen LogP) is 2.80. The maximum atomic E-state index is 6.04. The summed E-state index contributed by atoms with van der Waals surface area (Å²) in [4.78, 5) is 0. The summed E-state index contributed by atoms with van der Waals surface area (Å²) in [5, 5.41) is 0.246. The molecule has 1 nitrogen and oxygen atoms in total. The van der Waals surface area contributed by atoms with Gasteiger partial charge in [-0.3, -0.25) is 0 Å². The van der Waals surface area contributed by atoms with Gasteiger partial charge in [-0.25, -0.2) is 0 Å². The van der Waals surface area contributed by atoms with Crippen LogP contribution in [0.3, 0.4) is 0 Å². The van der Waals surface area contributed by atoms with Crippen LogP contribution >= 0.6 is 0 Å². The number of hydrogen-bond donors (Lipinski definition) is 0. The summed E-state index contributed by atoms with van der Waals surface area (Å²) in [6, 6.07) is 0. The highest BCUT2D eigenvalue weighted by atomic mass is 16.5. The Balaban J connectivity index is 4.38. The smallest absolute Gasteiger partial charge is 0.112 e. The van der Waals surface area contributed by atoms with E-state index in [-0.39, 0.29) is 10.9 Å². The minimum Gasteiger partial charge on any atom is -0.373 e. The van der Waals surface area contributed by atoms with E-state index in [0.29, 0.717) is 6.10 Å². The minimum atomic E-state index is -0.0306. The molecule has 0 aromatic carbocycles. The molecule has 0 aliphatic rings.